The van der Waals surface area contributed by atoms with E-state index in [1.54, 1.807) is 31.2 Å². The van der Waals surface area contributed by atoms with Crippen molar-refractivity contribution >= 4 is 23.5 Å². The fraction of sp³-hybridized carbons (Fsp3) is 0.200. The van der Waals surface area contributed by atoms with Gasteiger partial charge in [-0.25, -0.2) is 4.79 Å². The summed E-state index contributed by atoms with van der Waals surface area (Å²) in [6, 6.07) is 6.50. The summed E-state index contributed by atoms with van der Waals surface area (Å²) in [4.78, 5) is 21.2. The SMILES string of the molecule is CC(NC(=O)C(=O)O)c1cccc(Cl)c1. The molecule has 0 aliphatic rings. The van der Waals surface area contributed by atoms with E-state index in [0.717, 1.165) is 5.56 Å². The molecule has 0 heterocycles. The molecule has 1 aromatic rings. The summed E-state index contributed by atoms with van der Waals surface area (Å²) in [6.45, 7) is 1.69. The zero-order valence-electron chi connectivity index (χ0n) is 8.03. The number of amides is 1. The molecule has 0 radical (unpaired) electrons. The number of carbonyl (C=O) groups excluding carboxylic acids is 1. The van der Waals surface area contributed by atoms with Gasteiger partial charge < -0.3 is 10.4 Å². The quantitative estimate of drug-likeness (QED) is 0.755. The molecular formula is C10H10ClNO3. The molecule has 0 spiro atoms. The summed E-state index contributed by atoms with van der Waals surface area (Å²) in [5.74, 6) is -2.52. The predicted octanol–water partition coefficient (Wildman–Crippen LogP) is 1.60. The van der Waals surface area contributed by atoms with Crippen LogP contribution in [0.5, 0.6) is 0 Å². The van der Waals surface area contributed by atoms with Gasteiger partial charge in [-0.1, -0.05) is 23.7 Å². The van der Waals surface area contributed by atoms with Crippen LogP contribution in [-0.4, -0.2) is 17.0 Å². The summed E-state index contributed by atoms with van der Waals surface area (Å²) in [5, 5.41) is 11.3. The van der Waals surface area contributed by atoms with Crippen LogP contribution >= 0.6 is 11.6 Å². The van der Waals surface area contributed by atoms with Crippen molar-refractivity contribution in [1.82, 2.24) is 5.32 Å². The van der Waals surface area contributed by atoms with Gasteiger partial charge in [0.25, 0.3) is 0 Å². The number of halogens is 1. The lowest BCUT2D eigenvalue weighted by molar-refractivity contribution is -0.150. The van der Waals surface area contributed by atoms with E-state index in [-0.39, 0.29) is 6.04 Å². The van der Waals surface area contributed by atoms with Crippen LogP contribution in [0.4, 0.5) is 0 Å². The van der Waals surface area contributed by atoms with Crippen molar-refractivity contribution in [3.63, 3.8) is 0 Å². The zero-order valence-corrected chi connectivity index (χ0v) is 8.78. The highest BCUT2D eigenvalue weighted by Crippen LogP contribution is 2.16. The van der Waals surface area contributed by atoms with Gasteiger partial charge in [-0.05, 0) is 24.6 Å². The molecule has 0 saturated carbocycles. The molecule has 0 bridgehead atoms. The maximum Gasteiger partial charge on any atom is 0.394 e. The Morgan fingerprint density at radius 3 is 2.67 bits per heavy atom. The van der Waals surface area contributed by atoms with Crippen LogP contribution in [0.25, 0.3) is 0 Å². The Hall–Kier alpha value is -1.55. The predicted molar refractivity (Wildman–Crippen MR) is 55.6 cm³/mol. The van der Waals surface area contributed by atoms with Crippen LogP contribution in [0.3, 0.4) is 0 Å². The van der Waals surface area contributed by atoms with Crippen LogP contribution in [-0.2, 0) is 9.59 Å². The lowest BCUT2D eigenvalue weighted by Gasteiger charge is -2.12. The molecule has 0 saturated heterocycles. The molecule has 0 aromatic heterocycles. The summed E-state index contributed by atoms with van der Waals surface area (Å²) in [5.41, 5.74) is 0.761. The van der Waals surface area contributed by atoms with Gasteiger partial charge in [0.05, 0.1) is 6.04 Å². The number of hydrogen-bond acceptors (Lipinski definition) is 2. The van der Waals surface area contributed by atoms with Crippen molar-refractivity contribution in [2.45, 2.75) is 13.0 Å². The minimum absolute atomic E-state index is 0.382. The first-order valence-electron chi connectivity index (χ1n) is 4.30. The Bertz CT molecular complexity index is 392. The third-order valence-corrected chi connectivity index (χ3v) is 2.13. The van der Waals surface area contributed by atoms with E-state index in [4.69, 9.17) is 16.7 Å². The summed E-state index contributed by atoms with van der Waals surface area (Å²) >= 11 is 5.76. The number of aliphatic carboxylic acids is 1. The van der Waals surface area contributed by atoms with Crippen LogP contribution in [0.2, 0.25) is 5.02 Å². The molecule has 1 aromatic carbocycles. The van der Waals surface area contributed by atoms with Crippen molar-refractivity contribution < 1.29 is 14.7 Å². The van der Waals surface area contributed by atoms with Crippen molar-refractivity contribution in [3.05, 3.63) is 34.9 Å². The van der Waals surface area contributed by atoms with Crippen molar-refractivity contribution in [3.8, 4) is 0 Å². The second kappa shape index (κ2) is 4.79. The van der Waals surface area contributed by atoms with E-state index in [9.17, 15) is 9.59 Å². The molecule has 2 N–H and O–H groups in total. The van der Waals surface area contributed by atoms with Gasteiger partial charge in [0.15, 0.2) is 0 Å². The standard InChI is InChI=1S/C10H10ClNO3/c1-6(12-9(13)10(14)15)7-3-2-4-8(11)5-7/h2-6H,1H3,(H,12,13)(H,14,15). The van der Waals surface area contributed by atoms with E-state index in [2.05, 4.69) is 5.32 Å². The molecule has 4 nitrogen and oxygen atoms in total. The van der Waals surface area contributed by atoms with E-state index in [0.29, 0.717) is 5.02 Å². The second-order valence-corrected chi connectivity index (χ2v) is 3.49. The number of rotatable bonds is 2. The largest absolute Gasteiger partial charge is 0.474 e. The minimum atomic E-state index is -1.50. The molecule has 1 rings (SSSR count). The monoisotopic (exact) mass is 227 g/mol. The number of benzene rings is 1. The van der Waals surface area contributed by atoms with Gasteiger partial charge in [0, 0.05) is 5.02 Å². The number of nitrogens with one attached hydrogen (secondary N) is 1. The fourth-order valence-corrected chi connectivity index (χ4v) is 1.32. The van der Waals surface area contributed by atoms with Crippen LogP contribution in [0.1, 0.15) is 18.5 Å². The molecule has 1 unspecified atom stereocenters. The summed E-state index contributed by atoms with van der Waals surface area (Å²) < 4.78 is 0. The van der Waals surface area contributed by atoms with E-state index in [1.165, 1.54) is 0 Å². The lowest BCUT2D eigenvalue weighted by Crippen LogP contribution is -2.32. The first kappa shape index (κ1) is 11.5. The third-order valence-electron chi connectivity index (χ3n) is 1.89. The number of carbonyl (C=O) groups is 2. The van der Waals surface area contributed by atoms with Gasteiger partial charge in [0.1, 0.15) is 0 Å². The molecule has 0 aliphatic heterocycles. The lowest BCUT2D eigenvalue weighted by atomic mass is 10.1. The highest BCUT2D eigenvalue weighted by Gasteiger charge is 2.15. The highest BCUT2D eigenvalue weighted by molar-refractivity contribution is 6.31. The Kier molecular flexibility index (Phi) is 3.68. The Balaban J connectivity index is 2.73. The first-order chi connectivity index (χ1) is 7.00. The van der Waals surface area contributed by atoms with E-state index in [1.807, 2.05) is 0 Å². The summed E-state index contributed by atoms with van der Waals surface area (Å²) in [7, 11) is 0. The van der Waals surface area contributed by atoms with E-state index < -0.39 is 11.9 Å². The van der Waals surface area contributed by atoms with Gasteiger partial charge in [-0.3, -0.25) is 4.79 Å². The number of carboxylic acids is 1. The van der Waals surface area contributed by atoms with Crippen molar-refractivity contribution in [2.75, 3.05) is 0 Å². The smallest absolute Gasteiger partial charge is 0.394 e. The van der Waals surface area contributed by atoms with Gasteiger partial charge >= 0.3 is 11.9 Å². The Labute approximate surface area is 91.9 Å². The Morgan fingerprint density at radius 2 is 2.13 bits per heavy atom. The average molecular weight is 228 g/mol. The summed E-state index contributed by atoms with van der Waals surface area (Å²) in [6.07, 6.45) is 0. The zero-order chi connectivity index (χ0) is 11.4. The Morgan fingerprint density at radius 1 is 1.47 bits per heavy atom. The second-order valence-electron chi connectivity index (χ2n) is 3.06. The van der Waals surface area contributed by atoms with E-state index >= 15 is 0 Å². The third kappa shape index (κ3) is 3.25. The van der Waals surface area contributed by atoms with Gasteiger partial charge in [-0.2, -0.15) is 0 Å². The maximum atomic E-state index is 10.9. The van der Waals surface area contributed by atoms with Gasteiger partial charge in [-0.15, -0.1) is 0 Å². The van der Waals surface area contributed by atoms with Crippen molar-refractivity contribution in [1.29, 1.82) is 0 Å². The molecule has 1 amide bonds. The van der Waals surface area contributed by atoms with Crippen LogP contribution < -0.4 is 5.32 Å². The average Bonchev–Trinajstić information content (AvgIpc) is 2.17. The number of hydrogen-bond donors (Lipinski definition) is 2. The maximum absolute atomic E-state index is 10.9. The molecular weight excluding hydrogens is 218 g/mol. The first-order valence-corrected chi connectivity index (χ1v) is 4.67. The van der Waals surface area contributed by atoms with Crippen LogP contribution in [0.15, 0.2) is 24.3 Å². The number of carboxylic acid groups (broad SMARTS) is 1. The van der Waals surface area contributed by atoms with Crippen molar-refractivity contribution in [2.24, 2.45) is 0 Å². The normalized spacial score (nSPS) is 11.9. The van der Waals surface area contributed by atoms with Gasteiger partial charge in [0.2, 0.25) is 0 Å². The molecule has 80 valence electrons. The molecule has 5 heteroatoms. The molecule has 0 fully saturated rings. The fourth-order valence-electron chi connectivity index (χ4n) is 1.12. The minimum Gasteiger partial charge on any atom is -0.474 e. The molecule has 15 heavy (non-hydrogen) atoms. The molecule has 0 aliphatic carbocycles. The molecule has 1 atom stereocenters. The highest BCUT2D eigenvalue weighted by atomic mass is 35.5. The van der Waals surface area contributed by atoms with Crippen LogP contribution in [0, 0.1) is 0 Å². The topological polar surface area (TPSA) is 66.4 Å².